The Balaban J connectivity index is 1.82. The number of carbonyl (C=O) groups excluding carboxylic acids is 1. The zero-order valence-corrected chi connectivity index (χ0v) is 16.4. The Morgan fingerprint density at radius 1 is 1.22 bits per heavy atom. The number of thiazole rings is 1. The van der Waals surface area contributed by atoms with Crippen molar-refractivity contribution >= 4 is 33.2 Å². The van der Waals surface area contributed by atoms with Gasteiger partial charge in [0.15, 0.2) is 0 Å². The maximum absolute atomic E-state index is 12.9. The highest BCUT2D eigenvalue weighted by atomic mass is 79.9. The van der Waals surface area contributed by atoms with Gasteiger partial charge in [-0.25, -0.2) is 9.78 Å². The smallest absolute Gasteiger partial charge is 0.416 e. The topological polar surface area (TPSA) is 39.2 Å². The molecule has 0 N–H and O–H groups in total. The van der Waals surface area contributed by atoms with Gasteiger partial charge in [0.2, 0.25) is 0 Å². The van der Waals surface area contributed by atoms with E-state index in [1.165, 1.54) is 24.5 Å². The summed E-state index contributed by atoms with van der Waals surface area (Å²) in [6, 6.07) is 10.2. The average Bonchev–Trinajstić information content (AvgIpc) is 3.11. The second kappa shape index (κ2) is 7.82. The molecule has 1 aromatic heterocycles. The molecular formula is C19H13BrF3NO2S. The Hall–Kier alpha value is -2.19. The van der Waals surface area contributed by atoms with Gasteiger partial charge in [-0.2, -0.15) is 13.2 Å². The summed E-state index contributed by atoms with van der Waals surface area (Å²) in [5, 5.41) is 2.50. The van der Waals surface area contributed by atoms with Gasteiger partial charge in [0, 0.05) is 21.8 Å². The van der Waals surface area contributed by atoms with E-state index < -0.39 is 17.7 Å². The summed E-state index contributed by atoms with van der Waals surface area (Å²) in [7, 11) is 1.31. The van der Waals surface area contributed by atoms with E-state index >= 15 is 0 Å². The minimum atomic E-state index is -4.39. The maximum Gasteiger partial charge on any atom is 0.416 e. The van der Waals surface area contributed by atoms with E-state index in [-0.39, 0.29) is 0 Å². The fourth-order valence-electron chi connectivity index (χ4n) is 2.48. The molecule has 27 heavy (non-hydrogen) atoms. The van der Waals surface area contributed by atoms with E-state index in [2.05, 4.69) is 25.7 Å². The summed E-state index contributed by atoms with van der Waals surface area (Å²) in [5.74, 6) is -0.427. The van der Waals surface area contributed by atoms with Crippen LogP contribution in [0.1, 0.15) is 26.5 Å². The molecule has 0 aliphatic carbocycles. The van der Waals surface area contributed by atoms with E-state index in [4.69, 9.17) is 0 Å². The predicted molar refractivity (Wildman–Crippen MR) is 101 cm³/mol. The van der Waals surface area contributed by atoms with Crippen molar-refractivity contribution in [1.82, 2.24) is 4.98 Å². The molecule has 0 aliphatic heterocycles. The Labute approximate surface area is 166 Å². The molecule has 0 amide bonds. The summed E-state index contributed by atoms with van der Waals surface area (Å²) in [6.45, 7) is 0. The van der Waals surface area contributed by atoms with Crippen molar-refractivity contribution in [3.8, 4) is 11.3 Å². The Morgan fingerprint density at radius 3 is 2.67 bits per heavy atom. The second-order valence-corrected chi connectivity index (χ2v) is 7.48. The number of rotatable bonds is 4. The minimum absolute atomic E-state index is 0.424. The average molecular weight is 456 g/mol. The van der Waals surface area contributed by atoms with Crippen LogP contribution in [0.4, 0.5) is 13.2 Å². The van der Waals surface area contributed by atoms with Crippen LogP contribution >= 0.6 is 27.3 Å². The molecule has 3 rings (SSSR count). The van der Waals surface area contributed by atoms with Gasteiger partial charge in [0.1, 0.15) is 0 Å². The minimum Gasteiger partial charge on any atom is -0.465 e. The maximum atomic E-state index is 12.9. The third kappa shape index (κ3) is 4.56. The second-order valence-electron chi connectivity index (χ2n) is 5.68. The van der Waals surface area contributed by atoms with Gasteiger partial charge in [0.25, 0.3) is 0 Å². The van der Waals surface area contributed by atoms with Crippen molar-refractivity contribution in [3.05, 3.63) is 74.0 Å². The molecule has 0 bridgehead atoms. The zero-order chi connectivity index (χ0) is 19.6. The number of ether oxygens (including phenoxy) is 1. The first kappa shape index (κ1) is 19.6. The number of hydrogen-bond acceptors (Lipinski definition) is 4. The number of nitrogens with zero attached hydrogens (tertiary/aromatic N) is 1. The van der Waals surface area contributed by atoms with E-state index in [9.17, 15) is 18.0 Å². The number of aromatic nitrogens is 1. The van der Waals surface area contributed by atoms with E-state index in [0.29, 0.717) is 23.2 Å². The molecular weight excluding hydrogens is 443 g/mol. The quantitative estimate of drug-likeness (QED) is 0.455. The molecule has 3 aromatic rings. The highest BCUT2D eigenvalue weighted by Gasteiger charge is 2.30. The molecule has 0 fully saturated rings. The van der Waals surface area contributed by atoms with Gasteiger partial charge in [0.05, 0.1) is 28.9 Å². The lowest BCUT2D eigenvalue weighted by atomic mass is 10.1. The van der Waals surface area contributed by atoms with E-state index in [1.807, 2.05) is 0 Å². The van der Waals surface area contributed by atoms with Crippen LogP contribution < -0.4 is 0 Å². The highest BCUT2D eigenvalue weighted by Crippen LogP contribution is 2.33. The predicted octanol–water partition coefficient (Wildman–Crippen LogP) is 5.97. The molecule has 0 unspecified atom stereocenters. The molecule has 1 heterocycles. The summed E-state index contributed by atoms with van der Waals surface area (Å²) in [5.41, 5.74) is 1.57. The van der Waals surface area contributed by atoms with Gasteiger partial charge >= 0.3 is 12.1 Å². The van der Waals surface area contributed by atoms with Crippen molar-refractivity contribution < 1.29 is 22.7 Å². The van der Waals surface area contributed by atoms with Gasteiger partial charge < -0.3 is 4.74 Å². The van der Waals surface area contributed by atoms with Gasteiger partial charge in [-0.3, -0.25) is 0 Å². The third-order valence-corrected chi connectivity index (χ3v) is 5.44. The lowest BCUT2D eigenvalue weighted by Gasteiger charge is -2.07. The zero-order valence-electron chi connectivity index (χ0n) is 14.0. The fourth-order valence-corrected chi connectivity index (χ4v) is 3.82. The third-order valence-electron chi connectivity index (χ3n) is 3.85. The number of halogens is 4. The molecule has 0 spiro atoms. The lowest BCUT2D eigenvalue weighted by molar-refractivity contribution is -0.137. The molecule has 0 radical (unpaired) electrons. The van der Waals surface area contributed by atoms with Crippen LogP contribution in [0, 0.1) is 0 Å². The van der Waals surface area contributed by atoms with Crippen LogP contribution in [0.15, 0.2) is 52.3 Å². The number of benzene rings is 2. The lowest BCUT2D eigenvalue weighted by Crippen LogP contribution is -2.04. The Kier molecular flexibility index (Phi) is 5.67. The fraction of sp³-hybridized carbons (Fsp3) is 0.158. The largest absolute Gasteiger partial charge is 0.465 e. The van der Waals surface area contributed by atoms with Crippen molar-refractivity contribution in [2.75, 3.05) is 7.11 Å². The monoisotopic (exact) mass is 455 g/mol. The van der Waals surface area contributed by atoms with Crippen LogP contribution in [0.2, 0.25) is 0 Å². The molecule has 0 saturated heterocycles. The Bertz CT molecular complexity index is 985. The number of methoxy groups -OCH3 is 1. The number of esters is 1. The number of carbonyl (C=O) groups is 1. The van der Waals surface area contributed by atoms with Crippen molar-refractivity contribution in [3.63, 3.8) is 0 Å². The van der Waals surface area contributed by atoms with Gasteiger partial charge in [-0.05, 0) is 29.8 Å². The first-order valence-corrected chi connectivity index (χ1v) is 9.44. The molecule has 140 valence electrons. The van der Waals surface area contributed by atoms with Crippen molar-refractivity contribution in [2.24, 2.45) is 0 Å². The molecule has 0 aliphatic rings. The van der Waals surface area contributed by atoms with Crippen LogP contribution in [0.5, 0.6) is 0 Å². The van der Waals surface area contributed by atoms with Crippen LogP contribution in [-0.4, -0.2) is 18.1 Å². The van der Waals surface area contributed by atoms with Crippen molar-refractivity contribution in [1.29, 1.82) is 0 Å². The summed E-state index contributed by atoms with van der Waals surface area (Å²) < 4.78 is 44.1. The summed E-state index contributed by atoms with van der Waals surface area (Å²) in [6.07, 6.45) is -3.90. The Morgan fingerprint density at radius 2 is 2.00 bits per heavy atom. The van der Waals surface area contributed by atoms with Crippen LogP contribution in [0.25, 0.3) is 11.3 Å². The molecule has 0 saturated carbocycles. The molecule has 2 aromatic carbocycles. The number of alkyl halides is 3. The SMILES string of the molecule is COC(=O)c1ccc(Cc2nc(-c3cccc(C(F)(F)F)c3)cs2)c(Br)c1. The van der Waals surface area contributed by atoms with Crippen LogP contribution in [-0.2, 0) is 17.3 Å². The molecule has 0 atom stereocenters. The standard InChI is InChI=1S/C19H13BrF3NO2S/c1-26-18(25)13-6-5-11(15(20)8-13)9-17-24-16(10-27-17)12-3-2-4-14(7-12)19(21,22)23/h2-8,10H,9H2,1H3. The highest BCUT2D eigenvalue weighted by molar-refractivity contribution is 9.10. The van der Waals surface area contributed by atoms with Gasteiger partial charge in [-0.15, -0.1) is 11.3 Å². The van der Waals surface area contributed by atoms with Crippen molar-refractivity contribution in [2.45, 2.75) is 12.6 Å². The van der Waals surface area contributed by atoms with E-state index in [0.717, 1.165) is 27.2 Å². The van der Waals surface area contributed by atoms with Gasteiger partial charge in [-0.1, -0.05) is 34.1 Å². The van der Waals surface area contributed by atoms with E-state index in [1.54, 1.807) is 29.6 Å². The number of hydrogen-bond donors (Lipinski definition) is 0. The molecule has 8 heteroatoms. The van der Waals surface area contributed by atoms with Crippen LogP contribution in [0.3, 0.4) is 0 Å². The first-order chi connectivity index (χ1) is 12.8. The summed E-state index contributed by atoms with van der Waals surface area (Å²) >= 11 is 4.80. The first-order valence-electron chi connectivity index (χ1n) is 7.76. The normalized spacial score (nSPS) is 11.4. The molecule has 3 nitrogen and oxygen atoms in total. The summed E-state index contributed by atoms with van der Waals surface area (Å²) in [4.78, 5) is 16.0.